The Kier molecular flexibility index (Phi) is 5.17. The van der Waals surface area contributed by atoms with Gasteiger partial charge in [-0.15, -0.1) is 0 Å². The van der Waals surface area contributed by atoms with Crippen LogP contribution in [-0.4, -0.2) is 11.7 Å². The maximum atomic E-state index is 13.2. The number of rotatable bonds is 6. The van der Waals surface area contributed by atoms with Crippen LogP contribution in [0.15, 0.2) is 42.5 Å². The van der Waals surface area contributed by atoms with E-state index in [9.17, 15) is 9.50 Å². The van der Waals surface area contributed by atoms with Crippen molar-refractivity contribution in [3.8, 4) is 11.5 Å². The van der Waals surface area contributed by atoms with Crippen LogP contribution in [0.1, 0.15) is 31.0 Å². The lowest BCUT2D eigenvalue weighted by molar-refractivity contribution is 0.316. The van der Waals surface area contributed by atoms with Crippen LogP contribution in [-0.2, 0) is 6.54 Å². The van der Waals surface area contributed by atoms with Crippen LogP contribution >= 0.6 is 0 Å². The Morgan fingerprint density at radius 2 is 2.00 bits per heavy atom. The normalized spacial score (nSPS) is 12.1. The third-order valence-corrected chi connectivity index (χ3v) is 3.33. The third kappa shape index (κ3) is 3.95. The molecule has 112 valence electrons. The predicted octanol–water partition coefficient (Wildman–Crippen LogP) is 3.78. The third-order valence-electron chi connectivity index (χ3n) is 3.33. The maximum absolute atomic E-state index is 13.2. The van der Waals surface area contributed by atoms with Crippen molar-refractivity contribution in [2.45, 2.75) is 26.4 Å². The molecule has 0 heterocycles. The molecule has 0 aliphatic carbocycles. The van der Waals surface area contributed by atoms with Gasteiger partial charge in [-0.1, -0.05) is 24.3 Å². The van der Waals surface area contributed by atoms with Crippen molar-refractivity contribution < 1.29 is 14.2 Å². The van der Waals surface area contributed by atoms with Crippen molar-refractivity contribution in [2.24, 2.45) is 0 Å². The van der Waals surface area contributed by atoms with E-state index in [2.05, 4.69) is 5.32 Å². The van der Waals surface area contributed by atoms with E-state index in [0.717, 1.165) is 11.1 Å². The fourth-order valence-electron chi connectivity index (χ4n) is 2.14. The van der Waals surface area contributed by atoms with E-state index < -0.39 is 0 Å². The molecule has 0 aliphatic heterocycles. The van der Waals surface area contributed by atoms with Crippen LogP contribution in [0, 0.1) is 5.82 Å². The summed E-state index contributed by atoms with van der Waals surface area (Å²) in [5, 5.41) is 13.4. The summed E-state index contributed by atoms with van der Waals surface area (Å²) in [5.41, 5.74) is 1.62. The van der Waals surface area contributed by atoms with E-state index in [-0.39, 0.29) is 17.6 Å². The van der Waals surface area contributed by atoms with Crippen LogP contribution in [0.4, 0.5) is 4.39 Å². The zero-order chi connectivity index (χ0) is 15.2. The largest absolute Gasteiger partial charge is 0.504 e. The number of nitrogens with one attached hydrogen (secondary N) is 1. The molecule has 0 bridgehead atoms. The topological polar surface area (TPSA) is 41.5 Å². The molecule has 0 fully saturated rings. The number of aromatic hydroxyl groups is 1. The van der Waals surface area contributed by atoms with Gasteiger partial charge in [-0.05, 0) is 37.6 Å². The second-order valence-corrected chi connectivity index (χ2v) is 4.85. The van der Waals surface area contributed by atoms with Gasteiger partial charge < -0.3 is 15.2 Å². The van der Waals surface area contributed by atoms with Gasteiger partial charge in [-0.2, -0.15) is 0 Å². The van der Waals surface area contributed by atoms with E-state index in [1.54, 1.807) is 12.1 Å². The summed E-state index contributed by atoms with van der Waals surface area (Å²) in [5.74, 6) is 0.385. The average Bonchev–Trinajstić information content (AvgIpc) is 2.48. The van der Waals surface area contributed by atoms with E-state index >= 15 is 0 Å². The number of halogens is 1. The van der Waals surface area contributed by atoms with Gasteiger partial charge in [-0.25, -0.2) is 4.39 Å². The highest BCUT2D eigenvalue weighted by molar-refractivity contribution is 5.45. The number of hydrogen-bond donors (Lipinski definition) is 2. The molecule has 0 aliphatic rings. The van der Waals surface area contributed by atoms with Crippen LogP contribution in [0.3, 0.4) is 0 Å². The molecule has 0 spiro atoms. The standard InChI is InChI=1S/C17H20FNO2/c1-3-21-16-9-5-7-14(17(16)20)11-19-12(2)13-6-4-8-15(18)10-13/h4-10,12,19-20H,3,11H2,1-2H3/t12-/m1/s1. The summed E-state index contributed by atoms with van der Waals surface area (Å²) < 4.78 is 18.6. The summed E-state index contributed by atoms with van der Waals surface area (Å²) in [6.45, 7) is 4.81. The van der Waals surface area contributed by atoms with Gasteiger partial charge in [0.2, 0.25) is 0 Å². The molecule has 0 saturated heterocycles. The highest BCUT2D eigenvalue weighted by Crippen LogP contribution is 2.30. The van der Waals surface area contributed by atoms with E-state index in [1.807, 2.05) is 32.0 Å². The van der Waals surface area contributed by atoms with Crippen LogP contribution < -0.4 is 10.1 Å². The zero-order valence-electron chi connectivity index (χ0n) is 12.3. The minimum Gasteiger partial charge on any atom is -0.504 e. The second-order valence-electron chi connectivity index (χ2n) is 4.85. The van der Waals surface area contributed by atoms with Gasteiger partial charge in [0.05, 0.1) is 6.61 Å². The quantitative estimate of drug-likeness (QED) is 0.850. The number of para-hydroxylation sites is 1. The zero-order valence-corrected chi connectivity index (χ0v) is 12.3. The monoisotopic (exact) mass is 289 g/mol. The fraction of sp³-hybridized carbons (Fsp3) is 0.294. The molecule has 2 N–H and O–H groups in total. The molecular formula is C17H20FNO2. The van der Waals surface area contributed by atoms with Crippen molar-refractivity contribution in [1.29, 1.82) is 0 Å². The minimum atomic E-state index is -0.248. The first-order valence-corrected chi connectivity index (χ1v) is 7.04. The van der Waals surface area contributed by atoms with Gasteiger partial charge in [0, 0.05) is 18.2 Å². The van der Waals surface area contributed by atoms with E-state index in [1.165, 1.54) is 12.1 Å². The Balaban J connectivity index is 2.04. The number of ether oxygens (including phenoxy) is 1. The molecule has 0 unspecified atom stereocenters. The van der Waals surface area contributed by atoms with E-state index in [4.69, 9.17) is 4.74 Å². The molecule has 1 atom stereocenters. The number of phenols is 1. The van der Waals surface area contributed by atoms with Crippen molar-refractivity contribution in [3.05, 3.63) is 59.4 Å². The van der Waals surface area contributed by atoms with Gasteiger partial charge in [-0.3, -0.25) is 0 Å². The number of benzene rings is 2. The van der Waals surface area contributed by atoms with Crippen LogP contribution in [0.2, 0.25) is 0 Å². The predicted molar refractivity (Wildman–Crippen MR) is 80.9 cm³/mol. The fourth-order valence-corrected chi connectivity index (χ4v) is 2.14. The number of phenolic OH excluding ortho intramolecular Hbond substituents is 1. The number of hydrogen-bond acceptors (Lipinski definition) is 3. The Morgan fingerprint density at radius 3 is 2.71 bits per heavy atom. The molecule has 2 aromatic rings. The molecule has 0 saturated carbocycles. The molecular weight excluding hydrogens is 269 g/mol. The molecule has 21 heavy (non-hydrogen) atoms. The SMILES string of the molecule is CCOc1cccc(CN[C@H](C)c2cccc(F)c2)c1O. The van der Waals surface area contributed by atoms with Crippen molar-refractivity contribution >= 4 is 0 Å². The van der Waals surface area contributed by atoms with Crippen LogP contribution in [0.5, 0.6) is 11.5 Å². The van der Waals surface area contributed by atoms with Gasteiger partial charge in [0.15, 0.2) is 11.5 Å². The minimum absolute atomic E-state index is 0.0177. The van der Waals surface area contributed by atoms with Gasteiger partial charge in [0.1, 0.15) is 5.82 Å². The molecule has 0 amide bonds. The van der Waals surface area contributed by atoms with E-state index in [0.29, 0.717) is 18.9 Å². The maximum Gasteiger partial charge on any atom is 0.162 e. The summed E-state index contributed by atoms with van der Waals surface area (Å²) in [7, 11) is 0. The van der Waals surface area contributed by atoms with Crippen molar-refractivity contribution in [2.75, 3.05) is 6.61 Å². The summed E-state index contributed by atoms with van der Waals surface area (Å²) >= 11 is 0. The Morgan fingerprint density at radius 1 is 1.24 bits per heavy atom. The molecule has 2 aromatic carbocycles. The molecule has 2 rings (SSSR count). The Labute approximate surface area is 124 Å². The Bertz CT molecular complexity index is 601. The summed E-state index contributed by atoms with van der Waals surface area (Å²) in [6.07, 6.45) is 0. The van der Waals surface area contributed by atoms with Crippen LogP contribution in [0.25, 0.3) is 0 Å². The first-order valence-electron chi connectivity index (χ1n) is 7.04. The van der Waals surface area contributed by atoms with Crippen molar-refractivity contribution in [1.82, 2.24) is 5.32 Å². The lowest BCUT2D eigenvalue weighted by atomic mass is 10.1. The Hall–Kier alpha value is -2.07. The molecule has 3 nitrogen and oxygen atoms in total. The lowest BCUT2D eigenvalue weighted by Gasteiger charge is -2.16. The van der Waals surface area contributed by atoms with Gasteiger partial charge in [0.25, 0.3) is 0 Å². The lowest BCUT2D eigenvalue weighted by Crippen LogP contribution is -2.18. The first-order chi connectivity index (χ1) is 10.1. The van der Waals surface area contributed by atoms with Crippen molar-refractivity contribution in [3.63, 3.8) is 0 Å². The highest BCUT2D eigenvalue weighted by atomic mass is 19.1. The molecule has 4 heteroatoms. The molecule has 0 aromatic heterocycles. The average molecular weight is 289 g/mol. The smallest absolute Gasteiger partial charge is 0.162 e. The summed E-state index contributed by atoms with van der Waals surface area (Å²) in [6, 6.07) is 11.9. The summed E-state index contributed by atoms with van der Waals surface area (Å²) in [4.78, 5) is 0. The first kappa shape index (κ1) is 15.3. The van der Waals surface area contributed by atoms with Gasteiger partial charge >= 0.3 is 0 Å². The molecule has 0 radical (unpaired) electrons. The second kappa shape index (κ2) is 7.09. The highest BCUT2D eigenvalue weighted by Gasteiger charge is 2.10.